The second kappa shape index (κ2) is 18.9. The van der Waals surface area contributed by atoms with E-state index in [-0.39, 0.29) is 35.3 Å². The Kier molecular flexibility index (Phi) is 14.4. The Morgan fingerprint density at radius 1 is 0.894 bits per heavy atom. The minimum absolute atomic E-state index is 0.0186. The SMILES string of the molecule is CC(=O)O[C@@]12CO[C@@H]1C[C@H](OC(=O)CCl)[C@@]1(C)C(=O)[C@H](OC(=O)CCl)C3=C(C)[C@@H](OC(=O)[C@H](O)[C@@H](NC(=O)OC(C)(C)C)c4ccccc4)C[C@@](O)([C@@H](OC(=O)c4ccccc4)C12)C3(C)C. The van der Waals surface area contributed by atoms with Crippen LogP contribution < -0.4 is 5.32 Å². The summed E-state index contributed by atoms with van der Waals surface area (Å²) in [6, 6.07) is 14.3. The van der Waals surface area contributed by atoms with E-state index in [2.05, 4.69) is 5.32 Å². The highest BCUT2D eigenvalue weighted by atomic mass is 35.5. The molecular weight excluding hydrogens is 905 g/mol. The molecule has 3 N–H and O–H groups in total. The molecule has 2 bridgehead atoms. The molecule has 19 heteroatoms. The standard InChI is InChI=1S/C47H55Cl2NO16/c1-24-28(61-41(57)35(54)34(26-15-11-9-12-16-26)50-42(58)66-43(3,4)5)20-47(59)39(64-40(56)27-17-13-10-14-18-27)37-45(8,38(55)36(63-32(53)22-49)33(24)44(47,6)7)29(62-31(52)21-48)19-30-46(37,23-60-30)65-25(2)51/h9-18,28-30,34-37,39,54,59H,19-23H2,1-8H3,(H,50,58)/t28-,29-,30+,34-,35+,36+,37?,39-,45+,46-,47+/m0/s1. The maximum atomic E-state index is 15.9. The molecule has 11 atom stereocenters. The fourth-order valence-corrected chi connectivity index (χ4v) is 10.3. The number of ether oxygens (including phenoxy) is 7. The summed E-state index contributed by atoms with van der Waals surface area (Å²) < 4.78 is 41.9. The quantitative estimate of drug-likeness (QED) is 0.112. The number of rotatable bonds is 12. The molecule has 1 heterocycles. The Balaban J connectivity index is 1.59. The molecule has 2 aromatic carbocycles. The van der Waals surface area contributed by atoms with Crippen LogP contribution in [0.25, 0.3) is 0 Å². The van der Waals surface area contributed by atoms with Crippen LogP contribution >= 0.6 is 23.2 Å². The lowest BCUT2D eigenvalue weighted by Crippen LogP contribution is -2.82. The van der Waals surface area contributed by atoms with Crippen molar-refractivity contribution in [3.63, 3.8) is 0 Å². The number of hydrogen-bond donors (Lipinski definition) is 3. The average molecular weight is 961 g/mol. The lowest BCUT2D eigenvalue weighted by atomic mass is 9.44. The van der Waals surface area contributed by atoms with Crippen molar-refractivity contribution in [2.24, 2.45) is 16.7 Å². The smallest absolute Gasteiger partial charge is 0.408 e. The average Bonchev–Trinajstić information content (AvgIpc) is 3.25. The van der Waals surface area contributed by atoms with Crippen molar-refractivity contribution in [3.8, 4) is 0 Å². The van der Waals surface area contributed by atoms with E-state index in [4.69, 9.17) is 56.4 Å². The van der Waals surface area contributed by atoms with E-state index in [9.17, 15) is 39.0 Å². The number of halogens is 2. The Bertz CT molecular complexity index is 2260. The topological polar surface area (TPSA) is 237 Å². The summed E-state index contributed by atoms with van der Waals surface area (Å²) in [5.41, 5.74) is -8.99. The summed E-state index contributed by atoms with van der Waals surface area (Å²) in [6.07, 6.45) is -12.1. The van der Waals surface area contributed by atoms with E-state index < -0.39 is 136 Å². The van der Waals surface area contributed by atoms with Gasteiger partial charge in [0.25, 0.3) is 0 Å². The summed E-state index contributed by atoms with van der Waals surface area (Å²) >= 11 is 11.9. The molecule has 4 aliphatic rings. The Morgan fingerprint density at radius 3 is 2.03 bits per heavy atom. The second-order valence-corrected chi connectivity index (χ2v) is 19.3. The van der Waals surface area contributed by atoms with Crippen LogP contribution in [-0.2, 0) is 57.1 Å². The third-order valence-electron chi connectivity index (χ3n) is 13.3. The lowest BCUT2D eigenvalue weighted by Gasteiger charge is -2.67. The van der Waals surface area contributed by atoms with E-state index in [1.165, 1.54) is 39.8 Å². The predicted molar refractivity (Wildman–Crippen MR) is 233 cm³/mol. The minimum Gasteiger partial charge on any atom is -0.460 e. The van der Waals surface area contributed by atoms with Crippen molar-refractivity contribution >= 4 is 64.9 Å². The van der Waals surface area contributed by atoms with Crippen LogP contribution in [-0.4, -0.2) is 124 Å². The van der Waals surface area contributed by atoms with Crippen LogP contribution in [0.1, 0.15) is 90.2 Å². The molecule has 3 fully saturated rings. The number of hydrogen-bond acceptors (Lipinski definition) is 16. The summed E-state index contributed by atoms with van der Waals surface area (Å²) in [5.74, 6) is -9.19. The molecular formula is C47H55Cl2NO16. The molecule has 0 radical (unpaired) electrons. The zero-order chi connectivity index (χ0) is 48.7. The molecule has 66 heavy (non-hydrogen) atoms. The van der Waals surface area contributed by atoms with E-state index in [1.54, 1.807) is 69.3 Å². The number of carbonyl (C=O) groups is 7. The van der Waals surface area contributed by atoms with Crippen LogP contribution in [0.3, 0.4) is 0 Å². The second-order valence-electron chi connectivity index (χ2n) is 18.8. The molecule has 2 saturated carbocycles. The number of ketones is 1. The third-order valence-corrected chi connectivity index (χ3v) is 13.7. The fourth-order valence-electron chi connectivity index (χ4n) is 10.1. The summed E-state index contributed by atoms with van der Waals surface area (Å²) in [6.45, 7) is 11.5. The molecule has 1 aliphatic heterocycles. The summed E-state index contributed by atoms with van der Waals surface area (Å²) in [7, 11) is 0. The molecule has 0 aromatic heterocycles. The van der Waals surface area contributed by atoms with Gasteiger partial charge in [-0.25, -0.2) is 14.4 Å². The molecule has 1 unspecified atom stereocenters. The van der Waals surface area contributed by atoms with Gasteiger partial charge in [0.1, 0.15) is 47.4 Å². The van der Waals surface area contributed by atoms with Crippen LogP contribution in [0.5, 0.6) is 0 Å². The largest absolute Gasteiger partial charge is 0.460 e. The normalized spacial score (nSPS) is 30.8. The fraction of sp³-hybridized carbons (Fsp3) is 0.553. The van der Waals surface area contributed by atoms with Gasteiger partial charge < -0.3 is 48.7 Å². The van der Waals surface area contributed by atoms with Crippen LogP contribution in [0.2, 0.25) is 0 Å². The number of fused-ring (bicyclic) bond motifs is 5. The zero-order valence-electron chi connectivity index (χ0n) is 37.8. The molecule has 1 saturated heterocycles. The van der Waals surface area contributed by atoms with Crippen molar-refractivity contribution < 1.29 is 76.9 Å². The first kappa shape index (κ1) is 50.3. The Labute approximate surface area is 391 Å². The highest BCUT2D eigenvalue weighted by Crippen LogP contribution is 2.65. The predicted octanol–water partition coefficient (Wildman–Crippen LogP) is 4.84. The zero-order valence-corrected chi connectivity index (χ0v) is 39.3. The Hall–Kier alpha value is -5.07. The van der Waals surface area contributed by atoms with Crippen LogP contribution in [0.15, 0.2) is 71.8 Å². The van der Waals surface area contributed by atoms with Gasteiger partial charge in [-0.2, -0.15) is 0 Å². The highest BCUT2D eigenvalue weighted by Gasteiger charge is 2.79. The van der Waals surface area contributed by atoms with Gasteiger partial charge in [0, 0.05) is 25.2 Å². The van der Waals surface area contributed by atoms with E-state index in [0.29, 0.717) is 0 Å². The van der Waals surface area contributed by atoms with Gasteiger partial charge >= 0.3 is 35.9 Å². The number of nitrogens with one attached hydrogen (secondary N) is 1. The van der Waals surface area contributed by atoms with Gasteiger partial charge in [0.05, 0.1) is 29.5 Å². The van der Waals surface area contributed by atoms with Crippen molar-refractivity contribution in [2.75, 3.05) is 18.4 Å². The van der Waals surface area contributed by atoms with Crippen molar-refractivity contribution in [1.82, 2.24) is 5.32 Å². The maximum Gasteiger partial charge on any atom is 0.408 e. The van der Waals surface area contributed by atoms with E-state index in [0.717, 1.165) is 6.92 Å². The Morgan fingerprint density at radius 2 is 1.48 bits per heavy atom. The van der Waals surface area contributed by atoms with Gasteiger partial charge in [-0.3, -0.25) is 19.2 Å². The first-order chi connectivity index (χ1) is 30.9. The van der Waals surface area contributed by atoms with Gasteiger partial charge in [-0.15, -0.1) is 23.2 Å². The maximum absolute atomic E-state index is 15.9. The van der Waals surface area contributed by atoms with Crippen molar-refractivity contribution in [1.29, 1.82) is 0 Å². The monoisotopic (exact) mass is 959 g/mol. The molecule has 1 amide bonds. The summed E-state index contributed by atoms with van der Waals surface area (Å²) in [5, 5.41) is 28.2. The minimum atomic E-state index is -2.50. The number of esters is 5. The van der Waals surface area contributed by atoms with E-state index in [1.807, 2.05) is 0 Å². The molecule has 2 aromatic rings. The number of carbonyl (C=O) groups excluding carboxylic acids is 7. The molecule has 6 rings (SSSR count). The number of amides is 1. The number of Topliss-reactive ketones (excluding diaryl/α,β-unsaturated/α-hetero) is 1. The van der Waals surface area contributed by atoms with E-state index >= 15 is 4.79 Å². The van der Waals surface area contributed by atoms with Crippen LogP contribution in [0, 0.1) is 16.7 Å². The number of aliphatic hydroxyl groups excluding tert-OH is 1. The van der Waals surface area contributed by atoms with Gasteiger partial charge in [0.15, 0.2) is 23.6 Å². The molecule has 3 aliphatic carbocycles. The van der Waals surface area contributed by atoms with Gasteiger partial charge in [-0.1, -0.05) is 62.4 Å². The van der Waals surface area contributed by atoms with Gasteiger partial charge in [-0.05, 0) is 63.5 Å². The molecule has 17 nitrogen and oxygen atoms in total. The third kappa shape index (κ3) is 9.16. The number of aliphatic hydroxyl groups is 2. The highest BCUT2D eigenvalue weighted by molar-refractivity contribution is 6.26. The lowest BCUT2D eigenvalue weighted by molar-refractivity contribution is -0.346. The number of benzene rings is 2. The first-order valence-corrected chi connectivity index (χ1v) is 22.4. The number of alkyl carbamates (subject to hydrolysis) is 1. The van der Waals surface area contributed by atoms with Crippen LogP contribution in [0.4, 0.5) is 4.79 Å². The van der Waals surface area contributed by atoms with Gasteiger partial charge in [0.2, 0.25) is 0 Å². The summed E-state index contributed by atoms with van der Waals surface area (Å²) in [4.78, 5) is 97.5. The van der Waals surface area contributed by atoms with Crippen molar-refractivity contribution in [2.45, 2.75) is 128 Å². The molecule has 358 valence electrons. The van der Waals surface area contributed by atoms with Crippen molar-refractivity contribution in [3.05, 3.63) is 82.9 Å². The molecule has 0 spiro atoms. The first-order valence-electron chi connectivity index (χ1n) is 21.3. The number of alkyl halides is 2.